The summed E-state index contributed by atoms with van der Waals surface area (Å²) in [7, 11) is 0. The van der Waals surface area contributed by atoms with Crippen molar-refractivity contribution in [3.63, 3.8) is 0 Å². The van der Waals surface area contributed by atoms with Gasteiger partial charge in [-0.1, -0.05) is 20.1 Å². The summed E-state index contributed by atoms with van der Waals surface area (Å²) >= 11 is 0. The van der Waals surface area contributed by atoms with E-state index in [1.54, 1.807) is 6.92 Å². The third-order valence-corrected chi connectivity index (χ3v) is 4.31. The van der Waals surface area contributed by atoms with Gasteiger partial charge in [0.15, 0.2) is 0 Å². The fraction of sp³-hybridized carbons (Fsp3) is 0.143. The maximum atomic E-state index is 12.9. The first-order valence-electron chi connectivity index (χ1n) is 8.91. The van der Waals surface area contributed by atoms with Gasteiger partial charge in [-0.15, -0.1) is 0 Å². The lowest BCUT2D eigenvalue weighted by Gasteiger charge is -2.22. The molecule has 0 bridgehead atoms. The number of nitro groups is 2. The number of hydrogen-bond donors (Lipinski definition) is 0. The Morgan fingerprint density at radius 1 is 0.800 bits per heavy atom. The average molecular weight is 409 g/mol. The molecule has 30 heavy (non-hydrogen) atoms. The summed E-state index contributed by atoms with van der Waals surface area (Å²) in [4.78, 5) is 47.3. The second-order valence-electron chi connectivity index (χ2n) is 6.33. The smallest absolute Gasteiger partial charge is 0.269 e. The predicted molar refractivity (Wildman–Crippen MR) is 111 cm³/mol. The van der Waals surface area contributed by atoms with Gasteiger partial charge in [0.05, 0.1) is 9.85 Å². The van der Waals surface area contributed by atoms with E-state index in [0.717, 1.165) is 4.90 Å². The number of carbonyl (C=O) groups excluding carboxylic acids is 2. The van der Waals surface area contributed by atoms with E-state index in [-0.39, 0.29) is 29.1 Å². The van der Waals surface area contributed by atoms with Gasteiger partial charge in [-0.25, -0.2) is 0 Å². The predicted octanol–water partition coefficient (Wildman–Crippen LogP) is 3.99. The summed E-state index contributed by atoms with van der Waals surface area (Å²) in [6.45, 7) is 9.36. The molecule has 154 valence electrons. The number of non-ortho nitro benzene ring substituents is 2. The Bertz CT molecular complexity index is 944. The van der Waals surface area contributed by atoms with Crippen LogP contribution >= 0.6 is 0 Å². The van der Waals surface area contributed by atoms with Gasteiger partial charge in [0.1, 0.15) is 0 Å². The minimum Gasteiger partial charge on any atom is -0.274 e. The molecule has 0 heterocycles. The molecule has 0 aliphatic rings. The highest BCUT2D eigenvalue weighted by Crippen LogP contribution is 2.23. The molecule has 0 fully saturated rings. The van der Waals surface area contributed by atoms with E-state index >= 15 is 0 Å². The fourth-order valence-corrected chi connectivity index (χ4v) is 2.66. The molecule has 0 aliphatic carbocycles. The summed E-state index contributed by atoms with van der Waals surface area (Å²) in [5.41, 5.74) is 0.436. The standard InChI is InChI=1S/C21H19N3O6/c1-4-13-22(20(25)14(2)16-5-9-18(10-6-16)23(27)28)21(26)15(3)17-7-11-19(12-8-17)24(29)30/h5-12H,2-4,13H2,1H3. The zero-order valence-electron chi connectivity index (χ0n) is 16.2. The molecule has 0 aromatic heterocycles. The van der Waals surface area contributed by atoms with E-state index in [1.807, 2.05) is 0 Å². The molecule has 0 saturated carbocycles. The highest BCUT2D eigenvalue weighted by Gasteiger charge is 2.26. The number of hydrogen-bond acceptors (Lipinski definition) is 6. The van der Waals surface area contributed by atoms with Crippen LogP contribution in [-0.4, -0.2) is 33.1 Å². The third kappa shape index (κ3) is 4.82. The Labute approximate surface area is 172 Å². The van der Waals surface area contributed by atoms with E-state index in [0.29, 0.717) is 17.5 Å². The molecule has 0 N–H and O–H groups in total. The van der Waals surface area contributed by atoms with Crippen LogP contribution in [0.15, 0.2) is 61.7 Å². The normalized spacial score (nSPS) is 10.2. The topological polar surface area (TPSA) is 124 Å². The third-order valence-electron chi connectivity index (χ3n) is 4.31. The van der Waals surface area contributed by atoms with Crippen molar-refractivity contribution in [1.29, 1.82) is 0 Å². The molecule has 2 amide bonds. The van der Waals surface area contributed by atoms with Gasteiger partial charge < -0.3 is 0 Å². The molecule has 2 rings (SSSR count). The van der Waals surface area contributed by atoms with Crippen LogP contribution in [0.4, 0.5) is 11.4 Å². The van der Waals surface area contributed by atoms with E-state index < -0.39 is 21.7 Å². The summed E-state index contributed by atoms with van der Waals surface area (Å²) < 4.78 is 0. The second kappa shape index (κ2) is 9.37. The molecule has 2 aromatic rings. The molecule has 0 atom stereocenters. The van der Waals surface area contributed by atoms with Crippen molar-refractivity contribution >= 4 is 34.3 Å². The first-order valence-corrected chi connectivity index (χ1v) is 8.91. The number of imide groups is 1. The number of amides is 2. The van der Waals surface area contributed by atoms with Crippen LogP contribution in [0, 0.1) is 20.2 Å². The van der Waals surface area contributed by atoms with Crippen molar-refractivity contribution in [2.24, 2.45) is 0 Å². The Morgan fingerprint density at radius 2 is 1.13 bits per heavy atom. The molecular weight excluding hydrogens is 390 g/mol. The molecule has 0 spiro atoms. The molecule has 9 nitrogen and oxygen atoms in total. The quantitative estimate of drug-likeness (QED) is 0.369. The SMILES string of the molecule is C=C(C(=O)N(CCC)C(=O)C(=C)c1ccc([N+](=O)[O-])cc1)c1ccc([N+](=O)[O-])cc1. The van der Waals surface area contributed by atoms with Crippen molar-refractivity contribution in [1.82, 2.24) is 4.90 Å². The monoisotopic (exact) mass is 409 g/mol. The lowest BCUT2D eigenvalue weighted by molar-refractivity contribution is -0.385. The van der Waals surface area contributed by atoms with Gasteiger partial charge in [0, 0.05) is 42.0 Å². The number of carbonyl (C=O) groups is 2. The van der Waals surface area contributed by atoms with E-state index in [2.05, 4.69) is 13.2 Å². The Hall–Kier alpha value is -4.14. The van der Waals surface area contributed by atoms with Crippen LogP contribution < -0.4 is 0 Å². The molecule has 0 saturated heterocycles. The van der Waals surface area contributed by atoms with E-state index in [1.165, 1.54) is 48.5 Å². The molecule has 0 radical (unpaired) electrons. The van der Waals surface area contributed by atoms with Crippen LogP contribution in [0.25, 0.3) is 11.1 Å². The minimum atomic E-state index is -0.654. The Morgan fingerprint density at radius 3 is 1.40 bits per heavy atom. The molecule has 0 aliphatic heterocycles. The van der Waals surface area contributed by atoms with Crippen LogP contribution in [0.5, 0.6) is 0 Å². The van der Waals surface area contributed by atoms with Crippen molar-refractivity contribution < 1.29 is 19.4 Å². The van der Waals surface area contributed by atoms with E-state index in [4.69, 9.17) is 0 Å². The van der Waals surface area contributed by atoms with Gasteiger partial charge in [-0.2, -0.15) is 0 Å². The van der Waals surface area contributed by atoms with Gasteiger partial charge in [-0.05, 0) is 41.8 Å². The van der Waals surface area contributed by atoms with Gasteiger partial charge in [0.2, 0.25) is 0 Å². The molecule has 2 aromatic carbocycles. The highest BCUT2D eigenvalue weighted by molar-refractivity contribution is 6.30. The second-order valence-corrected chi connectivity index (χ2v) is 6.33. The molecule has 9 heteroatoms. The number of rotatable bonds is 8. The van der Waals surface area contributed by atoms with Crippen LogP contribution in [0.3, 0.4) is 0 Å². The Kier molecular flexibility index (Phi) is 6.92. The lowest BCUT2D eigenvalue weighted by atomic mass is 10.0. The van der Waals surface area contributed by atoms with Crippen molar-refractivity contribution in [3.05, 3.63) is 93.0 Å². The van der Waals surface area contributed by atoms with E-state index in [9.17, 15) is 29.8 Å². The van der Waals surface area contributed by atoms with Crippen molar-refractivity contribution in [2.45, 2.75) is 13.3 Å². The zero-order chi connectivity index (χ0) is 22.4. The highest BCUT2D eigenvalue weighted by atomic mass is 16.6. The summed E-state index contributed by atoms with van der Waals surface area (Å²) in [6, 6.07) is 10.5. The average Bonchev–Trinajstić information content (AvgIpc) is 2.75. The molecule has 0 unspecified atom stereocenters. The minimum absolute atomic E-state index is 0.00296. The number of benzene rings is 2. The Balaban J connectivity index is 2.25. The van der Waals surface area contributed by atoms with Crippen molar-refractivity contribution in [3.8, 4) is 0 Å². The number of nitro benzene ring substituents is 2. The summed E-state index contributed by atoms with van der Waals surface area (Å²) in [5, 5.41) is 21.6. The first kappa shape index (κ1) is 22.2. The largest absolute Gasteiger partial charge is 0.274 e. The number of nitrogens with zero attached hydrogens (tertiary/aromatic N) is 3. The van der Waals surface area contributed by atoms with Crippen LogP contribution in [-0.2, 0) is 9.59 Å². The van der Waals surface area contributed by atoms with Crippen molar-refractivity contribution in [2.75, 3.05) is 6.54 Å². The maximum Gasteiger partial charge on any atom is 0.269 e. The van der Waals surface area contributed by atoms with Gasteiger partial charge in [0.25, 0.3) is 23.2 Å². The van der Waals surface area contributed by atoms with Gasteiger partial charge in [-0.3, -0.25) is 34.7 Å². The lowest BCUT2D eigenvalue weighted by Crippen LogP contribution is -2.38. The van der Waals surface area contributed by atoms with Crippen LogP contribution in [0.2, 0.25) is 0 Å². The summed E-state index contributed by atoms with van der Waals surface area (Å²) in [6.07, 6.45) is 0.485. The summed E-state index contributed by atoms with van der Waals surface area (Å²) in [5.74, 6) is -1.31. The van der Waals surface area contributed by atoms with Crippen LogP contribution in [0.1, 0.15) is 24.5 Å². The first-order chi connectivity index (χ1) is 14.2. The molecular formula is C21H19N3O6. The fourth-order valence-electron chi connectivity index (χ4n) is 2.66. The van der Waals surface area contributed by atoms with Gasteiger partial charge >= 0.3 is 0 Å². The zero-order valence-corrected chi connectivity index (χ0v) is 16.2. The maximum absolute atomic E-state index is 12.9.